The summed E-state index contributed by atoms with van der Waals surface area (Å²) < 4.78 is 38.7. The monoisotopic (exact) mass is 232 g/mol. The average molecular weight is 232 g/mol. The van der Waals surface area contributed by atoms with Gasteiger partial charge in [-0.1, -0.05) is 0 Å². The quantitative estimate of drug-likeness (QED) is 0.831. The molecule has 0 aliphatic heterocycles. The van der Waals surface area contributed by atoms with E-state index in [2.05, 4.69) is 0 Å². The molecule has 1 aromatic carbocycles. The van der Waals surface area contributed by atoms with Crippen molar-refractivity contribution < 1.29 is 18.0 Å². The van der Waals surface area contributed by atoms with Crippen LogP contribution in [0.2, 0.25) is 0 Å². The second-order valence-corrected chi connectivity index (χ2v) is 3.18. The minimum atomic E-state index is -1.14. The molecule has 0 saturated heterocycles. The van der Waals surface area contributed by atoms with Gasteiger partial charge in [-0.05, 0) is 13.0 Å². The highest BCUT2D eigenvalue weighted by Crippen LogP contribution is 2.20. The Morgan fingerprint density at radius 3 is 2.31 bits per heavy atom. The largest absolute Gasteiger partial charge is 0.330 e. The van der Waals surface area contributed by atoms with Gasteiger partial charge >= 0.3 is 0 Å². The van der Waals surface area contributed by atoms with E-state index in [1.807, 2.05) is 5.32 Å². The van der Waals surface area contributed by atoms with Gasteiger partial charge in [0.2, 0.25) is 5.91 Å². The van der Waals surface area contributed by atoms with Crippen molar-refractivity contribution in [2.24, 2.45) is 5.73 Å². The molecule has 0 bridgehead atoms. The van der Waals surface area contributed by atoms with Crippen LogP contribution in [0.3, 0.4) is 0 Å². The van der Waals surface area contributed by atoms with Gasteiger partial charge in [0.15, 0.2) is 11.6 Å². The molecule has 0 unspecified atom stereocenters. The van der Waals surface area contributed by atoms with Gasteiger partial charge in [-0.25, -0.2) is 13.2 Å². The van der Waals surface area contributed by atoms with Crippen LogP contribution in [0.1, 0.15) is 12.8 Å². The third-order valence-corrected chi connectivity index (χ3v) is 1.88. The van der Waals surface area contributed by atoms with E-state index in [0.29, 0.717) is 25.1 Å². The Hall–Kier alpha value is -1.56. The number of rotatable bonds is 4. The van der Waals surface area contributed by atoms with Crippen molar-refractivity contribution >= 4 is 11.6 Å². The number of carbonyl (C=O) groups is 1. The van der Waals surface area contributed by atoms with Crippen LogP contribution < -0.4 is 11.1 Å². The Labute approximate surface area is 90.4 Å². The molecular weight excluding hydrogens is 221 g/mol. The lowest BCUT2D eigenvalue weighted by Gasteiger charge is -2.07. The zero-order valence-electron chi connectivity index (χ0n) is 8.40. The average Bonchev–Trinajstić information content (AvgIpc) is 2.20. The van der Waals surface area contributed by atoms with E-state index >= 15 is 0 Å². The predicted octanol–water partition coefficient (Wildman–Crippen LogP) is 1.78. The molecular formula is C10H11F3N2O. The fraction of sp³-hybridized carbons (Fsp3) is 0.300. The molecule has 0 aromatic heterocycles. The molecule has 1 amide bonds. The molecule has 0 aliphatic rings. The van der Waals surface area contributed by atoms with E-state index in [-0.39, 0.29) is 6.42 Å². The van der Waals surface area contributed by atoms with Crippen LogP contribution in [-0.2, 0) is 4.79 Å². The maximum Gasteiger partial charge on any atom is 0.224 e. The van der Waals surface area contributed by atoms with Gasteiger partial charge in [-0.2, -0.15) is 0 Å². The molecule has 88 valence electrons. The smallest absolute Gasteiger partial charge is 0.224 e. The molecule has 0 heterocycles. The maximum absolute atomic E-state index is 13.1. The van der Waals surface area contributed by atoms with Crippen LogP contribution in [0.15, 0.2) is 12.1 Å². The molecule has 0 spiro atoms. The molecule has 1 rings (SSSR count). The zero-order valence-corrected chi connectivity index (χ0v) is 8.40. The number of amides is 1. The first-order valence-corrected chi connectivity index (χ1v) is 4.69. The summed E-state index contributed by atoms with van der Waals surface area (Å²) in [5, 5.41) is 2.03. The third kappa shape index (κ3) is 3.23. The second kappa shape index (κ2) is 5.50. The van der Waals surface area contributed by atoms with E-state index in [9.17, 15) is 18.0 Å². The molecule has 0 aliphatic carbocycles. The van der Waals surface area contributed by atoms with Crippen molar-refractivity contribution in [3.05, 3.63) is 29.6 Å². The predicted molar refractivity (Wildman–Crippen MR) is 53.2 cm³/mol. The minimum absolute atomic E-state index is 0.0623. The normalized spacial score (nSPS) is 10.2. The number of halogens is 3. The lowest BCUT2D eigenvalue weighted by atomic mass is 10.2. The number of nitrogens with one attached hydrogen (secondary N) is 1. The molecule has 16 heavy (non-hydrogen) atoms. The van der Waals surface area contributed by atoms with Gasteiger partial charge in [0, 0.05) is 18.6 Å². The topological polar surface area (TPSA) is 55.1 Å². The number of benzene rings is 1. The second-order valence-electron chi connectivity index (χ2n) is 3.18. The van der Waals surface area contributed by atoms with E-state index < -0.39 is 29.0 Å². The van der Waals surface area contributed by atoms with E-state index in [0.717, 1.165) is 0 Å². The standard InChI is InChI=1S/C10H11F3N2O/c11-6-4-7(12)10(8(13)5-6)15-9(16)2-1-3-14/h4-5H,1-3,14H2,(H,15,16). The van der Waals surface area contributed by atoms with Crippen LogP contribution >= 0.6 is 0 Å². The van der Waals surface area contributed by atoms with Crippen LogP contribution in [0.5, 0.6) is 0 Å². The Kier molecular flexibility index (Phi) is 4.30. The molecule has 0 atom stereocenters. The van der Waals surface area contributed by atoms with Crippen molar-refractivity contribution in [1.82, 2.24) is 0 Å². The highest BCUT2D eigenvalue weighted by atomic mass is 19.1. The summed E-state index contributed by atoms with van der Waals surface area (Å²) in [5.74, 6) is -3.87. The first-order chi connectivity index (χ1) is 7.54. The van der Waals surface area contributed by atoms with Crippen molar-refractivity contribution in [3.63, 3.8) is 0 Å². The lowest BCUT2D eigenvalue weighted by molar-refractivity contribution is -0.116. The Bertz CT molecular complexity index is 373. The number of nitrogens with two attached hydrogens (primary N) is 1. The molecule has 0 saturated carbocycles. The summed E-state index contributed by atoms with van der Waals surface area (Å²) in [4.78, 5) is 11.2. The van der Waals surface area contributed by atoms with Crippen LogP contribution in [-0.4, -0.2) is 12.5 Å². The number of anilines is 1. The highest BCUT2D eigenvalue weighted by Gasteiger charge is 2.13. The van der Waals surface area contributed by atoms with Gasteiger partial charge in [-0.15, -0.1) is 0 Å². The molecule has 6 heteroatoms. The summed E-state index contributed by atoms with van der Waals surface area (Å²) in [6.07, 6.45) is 0.475. The highest BCUT2D eigenvalue weighted by molar-refractivity contribution is 5.90. The SMILES string of the molecule is NCCCC(=O)Nc1c(F)cc(F)cc1F. The maximum atomic E-state index is 13.1. The molecule has 0 fully saturated rings. The minimum Gasteiger partial charge on any atom is -0.330 e. The van der Waals surface area contributed by atoms with Crippen molar-refractivity contribution in [2.45, 2.75) is 12.8 Å². The molecule has 3 N–H and O–H groups in total. The lowest BCUT2D eigenvalue weighted by Crippen LogP contribution is -2.15. The first-order valence-electron chi connectivity index (χ1n) is 4.69. The first kappa shape index (κ1) is 12.5. The van der Waals surface area contributed by atoms with Crippen LogP contribution in [0.4, 0.5) is 18.9 Å². The van der Waals surface area contributed by atoms with Gasteiger partial charge in [-0.3, -0.25) is 4.79 Å². The van der Waals surface area contributed by atoms with Crippen molar-refractivity contribution in [1.29, 1.82) is 0 Å². The van der Waals surface area contributed by atoms with Crippen molar-refractivity contribution in [3.8, 4) is 0 Å². The number of hydrogen-bond acceptors (Lipinski definition) is 2. The third-order valence-electron chi connectivity index (χ3n) is 1.88. The summed E-state index contributed by atoms with van der Waals surface area (Å²) in [7, 11) is 0. The Balaban J connectivity index is 2.77. The number of hydrogen-bond donors (Lipinski definition) is 2. The van der Waals surface area contributed by atoms with E-state index in [1.165, 1.54) is 0 Å². The summed E-state index contributed by atoms with van der Waals surface area (Å²) in [5.41, 5.74) is 4.54. The summed E-state index contributed by atoms with van der Waals surface area (Å²) in [6, 6.07) is 1.00. The van der Waals surface area contributed by atoms with Crippen molar-refractivity contribution in [2.75, 3.05) is 11.9 Å². The Morgan fingerprint density at radius 2 is 1.81 bits per heavy atom. The fourth-order valence-electron chi connectivity index (χ4n) is 1.13. The van der Waals surface area contributed by atoms with Crippen LogP contribution in [0.25, 0.3) is 0 Å². The van der Waals surface area contributed by atoms with E-state index in [1.54, 1.807) is 0 Å². The van der Waals surface area contributed by atoms with Gasteiger partial charge in [0.25, 0.3) is 0 Å². The van der Waals surface area contributed by atoms with Gasteiger partial charge in [0.1, 0.15) is 11.5 Å². The van der Waals surface area contributed by atoms with E-state index in [4.69, 9.17) is 5.73 Å². The fourth-order valence-corrected chi connectivity index (χ4v) is 1.13. The zero-order chi connectivity index (χ0) is 12.1. The summed E-state index contributed by atoms with van der Waals surface area (Å²) in [6.45, 7) is 0.307. The molecule has 1 aromatic rings. The van der Waals surface area contributed by atoms with Gasteiger partial charge in [0.05, 0.1) is 0 Å². The summed E-state index contributed by atoms with van der Waals surface area (Å²) >= 11 is 0. The van der Waals surface area contributed by atoms with Gasteiger partial charge < -0.3 is 11.1 Å². The molecule has 3 nitrogen and oxygen atoms in total. The number of carbonyl (C=O) groups excluding carboxylic acids is 1. The van der Waals surface area contributed by atoms with Crippen LogP contribution in [0, 0.1) is 17.5 Å². The Morgan fingerprint density at radius 1 is 1.25 bits per heavy atom. The molecule has 0 radical (unpaired) electrons.